The van der Waals surface area contributed by atoms with Gasteiger partial charge in [-0.1, -0.05) is 30.3 Å². The number of hydrogen-bond donors (Lipinski definition) is 5. The SMILES string of the molecule is CN=C(NCCc1c[nH]c2ccccc12)NCc1ccc(C(=O)NCC(N)=O)cc1.I. The number of para-hydroxylation sites is 1. The lowest BCUT2D eigenvalue weighted by Gasteiger charge is -2.12. The quantitative estimate of drug-likeness (QED) is 0.172. The highest BCUT2D eigenvalue weighted by Crippen LogP contribution is 2.17. The van der Waals surface area contributed by atoms with Gasteiger partial charge in [-0.2, -0.15) is 0 Å². The number of rotatable bonds is 8. The Morgan fingerprint density at radius 3 is 2.48 bits per heavy atom. The minimum absolute atomic E-state index is 0. The van der Waals surface area contributed by atoms with Gasteiger partial charge in [0.2, 0.25) is 5.91 Å². The number of benzene rings is 2. The fourth-order valence-corrected chi connectivity index (χ4v) is 3.10. The third kappa shape index (κ3) is 6.99. The molecule has 6 N–H and O–H groups in total. The molecule has 0 saturated carbocycles. The lowest BCUT2D eigenvalue weighted by Crippen LogP contribution is -2.37. The minimum Gasteiger partial charge on any atom is -0.368 e. The smallest absolute Gasteiger partial charge is 0.251 e. The zero-order valence-corrected chi connectivity index (χ0v) is 19.6. The van der Waals surface area contributed by atoms with Crippen molar-refractivity contribution in [3.8, 4) is 0 Å². The molecule has 0 atom stereocenters. The lowest BCUT2D eigenvalue weighted by atomic mass is 10.1. The lowest BCUT2D eigenvalue weighted by molar-refractivity contribution is -0.117. The summed E-state index contributed by atoms with van der Waals surface area (Å²) in [4.78, 5) is 30.2. The van der Waals surface area contributed by atoms with Gasteiger partial charge in [-0.15, -0.1) is 24.0 Å². The van der Waals surface area contributed by atoms with Crippen LogP contribution in [-0.2, 0) is 17.8 Å². The van der Waals surface area contributed by atoms with E-state index in [9.17, 15) is 9.59 Å². The van der Waals surface area contributed by atoms with Crippen molar-refractivity contribution in [1.29, 1.82) is 0 Å². The molecule has 3 aromatic rings. The van der Waals surface area contributed by atoms with Crippen molar-refractivity contribution in [2.75, 3.05) is 20.1 Å². The number of fused-ring (bicyclic) bond motifs is 1. The van der Waals surface area contributed by atoms with Crippen LogP contribution in [0.25, 0.3) is 10.9 Å². The molecule has 1 heterocycles. The van der Waals surface area contributed by atoms with E-state index in [0.717, 1.165) is 24.0 Å². The van der Waals surface area contributed by atoms with Gasteiger partial charge in [0.15, 0.2) is 5.96 Å². The highest BCUT2D eigenvalue weighted by atomic mass is 127. The molecule has 0 aliphatic heterocycles. The maximum Gasteiger partial charge on any atom is 0.251 e. The number of aromatic amines is 1. The van der Waals surface area contributed by atoms with Crippen molar-refractivity contribution in [3.63, 3.8) is 0 Å². The molecule has 2 aromatic carbocycles. The number of aliphatic imine (C=N–C) groups is 1. The number of nitrogens with one attached hydrogen (secondary N) is 4. The van der Waals surface area contributed by atoms with Gasteiger partial charge in [-0.25, -0.2) is 0 Å². The van der Waals surface area contributed by atoms with Crippen LogP contribution in [0.3, 0.4) is 0 Å². The summed E-state index contributed by atoms with van der Waals surface area (Å²) in [6.45, 7) is 1.14. The molecule has 1 aromatic heterocycles. The van der Waals surface area contributed by atoms with Crippen LogP contribution in [0.5, 0.6) is 0 Å². The number of H-pyrrole nitrogens is 1. The molecule has 8 nitrogen and oxygen atoms in total. The van der Waals surface area contributed by atoms with Gasteiger partial charge in [0, 0.05) is 42.8 Å². The number of hydrogen-bond acceptors (Lipinski definition) is 3. The first-order chi connectivity index (χ1) is 14.6. The van der Waals surface area contributed by atoms with Crippen molar-refractivity contribution >= 4 is 52.7 Å². The van der Waals surface area contributed by atoms with Gasteiger partial charge in [-0.05, 0) is 35.7 Å². The van der Waals surface area contributed by atoms with E-state index >= 15 is 0 Å². The number of nitrogens with zero attached hydrogens (tertiary/aromatic N) is 1. The maximum atomic E-state index is 11.9. The standard InChI is InChI=1S/C22H26N6O2.HI/c1-24-22(25-11-10-17-13-26-19-5-3-2-4-18(17)19)28-12-15-6-8-16(9-7-15)21(30)27-14-20(23)29;/h2-9,13,26H,10-12,14H2,1H3,(H2,23,29)(H,27,30)(H2,24,25,28);1H. The predicted octanol–water partition coefficient (Wildman–Crippen LogP) is 1.91. The maximum absolute atomic E-state index is 11.9. The third-order valence-electron chi connectivity index (χ3n) is 4.68. The van der Waals surface area contributed by atoms with E-state index in [4.69, 9.17) is 5.73 Å². The van der Waals surface area contributed by atoms with Crippen LogP contribution in [0.2, 0.25) is 0 Å². The zero-order chi connectivity index (χ0) is 21.3. The molecule has 9 heteroatoms. The van der Waals surface area contributed by atoms with Crippen molar-refractivity contribution < 1.29 is 9.59 Å². The van der Waals surface area contributed by atoms with Gasteiger partial charge >= 0.3 is 0 Å². The van der Waals surface area contributed by atoms with Gasteiger partial charge in [0.1, 0.15) is 0 Å². The second-order valence-corrected chi connectivity index (χ2v) is 6.81. The average Bonchev–Trinajstić information content (AvgIpc) is 3.18. The van der Waals surface area contributed by atoms with Crippen molar-refractivity contribution in [2.45, 2.75) is 13.0 Å². The summed E-state index contributed by atoms with van der Waals surface area (Å²) in [7, 11) is 1.73. The number of nitrogens with two attached hydrogens (primary N) is 1. The molecule has 0 aliphatic carbocycles. The Balaban J connectivity index is 0.00000341. The van der Waals surface area contributed by atoms with Gasteiger partial charge in [-0.3, -0.25) is 14.6 Å². The van der Waals surface area contributed by atoms with Crippen LogP contribution < -0.4 is 21.7 Å². The Labute approximate surface area is 198 Å². The van der Waals surface area contributed by atoms with Crippen LogP contribution in [0.15, 0.2) is 59.7 Å². The van der Waals surface area contributed by atoms with E-state index in [0.29, 0.717) is 18.1 Å². The molecule has 0 radical (unpaired) electrons. The summed E-state index contributed by atoms with van der Waals surface area (Å²) < 4.78 is 0. The van der Waals surface area contributed by atoms with Gasteiger partial charge < -0.3 is 26.7 Å². The zero-order valence-electron chi connectivity index (χ0n) is 17.3. The molecule has 0 fully saturated rings. The first-order valence-corrected chi connectivity index (χ1v) is 9.72. The average molecular weight is 534 g/mol. The molecule has 2 amide bonds. The highest BCUT2D eigenvalue weighted by Gasteiger charge is 2.07. The molecule has 31 heavy (non-hydrogen) atoms. The summed E-state index contributed by atoms with van der Waals surface area (Å²) in [5.41, 5.74) is 8.91. The monoisotopic (exact) mass is 534 g/mol. The van der Waals surface area contributed by atoms with Crippen molar-refractivity contribution in [1.82, 2.24) is 20.9 Å². The fourth-order valence-electron chi connectivity index (χ4n) is 3.10. The second kappa shape index (κ2) is 11.9. The number of aromatic nitrogens is 1. The molecule has 0 aliphatic rings. The van der Waals surface area contributed by atoms with E-state index < -0.39 is 5.91 Å². The number of carbonyl (C=O) groups excluding carboxylic acids is 2. The molecular weight excluding hydrogens is 507 g/mol. The predicted molar refractivity (Wildman–Crippen MR) is 134 cm³/mol. The van der Waals surface area contributed by atoms with E-state index in [1.807, 2.05) is 30.5 Å². The molecule has 3 rings (SSSR count). The van der Waals surface area contributed by atoms with Crippen LogP contribution >= 0.6 is 24.0 Å². The fraction of sp³-hybridized carbons (Fsp3) is 0.227. The highest BCUT2D eigenvalue weighted by molar-refractivity contribution is 14.0. The number of carbonyl (C=O) groups is 2. The topological polar surface area (TPSA) is 124 Å². The first-order valence-electron chi connectivity index (χ1n) is 9.72. The molecule has 164 valence electrons. The Bertz CT molecular complexity index is 1050. The molecule has 0 bridgehead atoms. The molecule has 0 spiro atoms. The second-order valence-electron chi connectivity index (χ2n) is 6.81. The van der Waals surface area contributed by atoms with E-state index in [1.165, 1.54) is 10.9 Å². The Hall–Kier alpha value is -3.08. The number of halogens is 1. The number of amides is 2. The number of guanidine groups is 1. The Morgan fingerprint density at radius 2 is 1.77 bits per heavy atom. The third-order valence-corrected chi connectivity index (χ3v) is 4.68. The molecular formula is C22H27IN6O2. The first kappa shape index (κ1) is 24.2. The minimum atomic E-state index is -0.576. The van der Waals surface area contributed by atoms with Crippen LogP contribution in [0, 0.1) is 0 Å². The summed E-state index contributed by atoms with van der Waals surface area (Å²) in [6, 6.07) is 15.4. The summed E-state index contributed by atoms with van der Waals surface area (Å²) >= 11 is 0. The molecule has 0 saturated heterocycles. The van der Waals surface area contributed by atoms with Gasteiger partial charge in [0.25, 0.3) is 5.91 Å². The van der Waals surface area contributed by atoms with Gasteiger partial charge in [0.05, 0.1) is 6.54 Å². The summed E-state index contributed by atoms with van der Waals surface area (Å²) in [5, 5.41) is 10.3. The van der Waals surface area contributed by atoms with Crippen molar-refractivity contribution in [3.05, 3.63) is 71.4 Å². The van der Waals surface area contributed by atoms with Crippen LogP contribution in [-0.4, -0.2) is 42.9 Å². The Kier molecular flexibility index (Phi) is 9.32. The molecule has 0 unspecified atom stereocenters. The van der Waals surface area contributed by atoms with Crippen molar-refractivity contribution in [2.24, 2.45) is 10.7 Å². The van der Waals surface area contributed by atoms with Crippen LogP contribution in [0.1, 0.15) is 21.5 Å². The van der Waals surface area contributed by atoms with E-state index in [1.54, 1.807) is 19.2 Å². The Morgan fingerprint density at radius 1 is 1.03 bits per heavy atom. The normalized spacial score (nSPS) is 10.9. The largest absolute Gasteiger partial charge is 0.368 e. The number of primary amides is 1. The van der Waals surface area contributed by atoms with E-state index in [-0.39, 0.29) is 36.4 Å². The van der Waals surface area contributed by atoms with E-state index in [2.05, 4.69) is 38.1 Å². The van der Waals surface area contributed by atoms with Crippen LogP contribution in [0.4, 0.5) is 0 Å². The summed E-state index contributed by atoms with van der Waals surface area (Å²) in [6.07, 6.45) is 2.92. The summed E-state index contributed by atoms with van der Waals surface area (Å²) in [5.74, 6) is -0.200.